The zero-order valence-electron chi connectivity index (χ0n) is 21.9. The van der Waals surface area contributed by atoms with E-state index in [0.717, 1.165) is 52.3 Å². The van der Waals surface area contributed by atoms with Gasteiger partial charge in [0.05, 0.1) is 43.6 Å². The Bertz CT molecular complexity index is 1570. The maximum absolute atomic E-state index is 13.6. The third kappa shape index (κ3) is 4.25. The van der Waals surface area contributed by atoms with Crippen LogP contribution >= 0.6 is 23.5 Å². The predicted octanol–water partition coefficient (Wildman–Crippen LogP) is 4.71. The number of hydrogen-bond donors (Lipinski definition) is 1. The summed E-state index contributed by atoms with van der Waals surface area (Å²) in [4.78, 5) is 35.8. The van der Waals surface area contributed by atoms with E-state index in [1.807, 2.05) is 41.7 Å². The van der Waals surface area contributed by atoms with Gasteiger partial charge in [-0.15, -0.1) is 11.8 Å². The van der Waals surface area contributed by atoms with Gasteiger partial charge in [-0.05, 0) is 35.9 Å². The number of aliphatic imine (C=N–C) groups is 1. The number of fused-ring (bicyclic) bond motifs is 5. The first kappa shape index (κ1) is 25.9. The van der Waals surface area contributed by atoms with Gasteiger partial charge in [0.1, 0.15) is 11.0 Å². The number of aromatic nitrogens is 2. The summed E-state index contributed by atoms with van der Waals surface area (Å²) in [5.74, 6) is 0.396. The minimum Gasteiger partial charge on any atom is -0.458 e. The van der Waals surface area contributed by atoms with E-state index in [9.17, 15) is 14.7 Å². The lowest BCUT2D eigenvalue weighted by Gasteiger charge is -2.31. The molecule has 0 saturated carbocycles. The van der Waals surface area contributed by atoms with Crippen LogP contribution in [0.5, 0.6) is 0 Å². The fourth-order valence-corrected chi connectivity index (χ4v) is 11.0. The number of rotatable bonds is 6. The molecule has 0 bridgehead atoms. The average Bonchev–Trinajstić information content (AvgIpc) is 3.56. The lowest BCUT2D eigenvalue weighted by Crippen LogP contribution is -2.44. The molecular formula is C28H31N3O4S2Si. The summed E-state index contributed by atoms with van der Waals surface area (Å²) in [5.41, 5.74) is 3.35. The number of aliphatic hydroxyl groups is 1. The van der Waals surface area contributed by atoms with Crippen molar-refractivity contribution < 1.29 is 14.6 Å². The van der Waals surface area contributed by atoms with Crippen molar-refractivity contribution in [3.63, 3.8) is 0 Å². The predicted molar refractivity (Wildman–Crippen MR) is 158 cm³/mol. The summed E-state index contributed by atoms with van der Waals surface area (Å²) in [6.45, 7) is 7.87. The maximum Gasteiger partial charge on any atom is 0.343 e. The Morgan fingerprint density at radius 2 is 2.05 bits per heavy atom. The summed E-state index contributed by atoms with van der Waals surface area (Å²) < 4.78 is 8.19. The monoisotopic (exact) mass is 565 g/mol. The van der Waals surface area contributed by atoms with Crippen LogP contribution in [0.3, 0.4) is 0 Å². The molecule has 0 unspecified atom stereocenters. The molecule has 198 valence electrons. The summed E-state index contributed by atoms with van der Waals surface area (Å²) in [5, 5.41) is 13.5. The van der Waals surface area contributed by atoms with Crippen LogP contribution in [0.25, 0.3) is 22.3 Å². The highest BCUT2D eigenvalue weighted by Gasteiger charge is 2.45. The van der Waals surface area contributed by atoms with Crippen molar-refractivity contribution in [2.24, 2.45) is 4.99 Å². The summed E-state index contributed by atoms with van der Waals surface area (Å²) in [7, 11) is -1.52. The molecule has 2 aromatic heterocycles. The van der Waals surface area contributed by atoms with E-state index in [-0.39, 0.29) is 18.6 Å². The van der Waals surface area contributed by atoms with Crippen LogP contribution in [0.1, 0.15) is 35.6 Å². The van der Waals surface area contributed by atoms with E-state index in [4.69, 9.17) is 9.72 Å². The van der Waals surface area contributed by atoms with Crippen LogP contribution in [-0.4, -0.2) is 50.8 Å². The molecule has 0 fully saturated rings. The molecule has 1 N–H and O–H groups in total. The van der Waals surface area contributed by atoms with Crippen molar-refractivity contribution in [3.05, 3.63) is 62.9 Å². The molecule has 3 aliphatic heterocycles. The molecule has 10 heteroatoms. The molecule has 0 amide bonds. The van der Waals surface area contributed by atoms with E-state index < -0.39 is 19.6 Å². The van der Waals surface area contributed by atoms with Gasteiger partial charge in [-0.25, -0.2) is 9.78 Å². The van der Waals surface area contributed by atoms with E-state index in [1.165, 1.54) is 9.94 Å². The number of aryl methyl sites for hydroxylation is 1. The first-order valence-electron chi connectivity index (χ1n) is 13.1. The van der Waals surface area contributed by atoms with Gasteiger partial charge in [0.25, 0.3) is 5.56 Å². The molecule has 1 atom stereocenters. The molecule has 0 radical (unpaired) electrons. The van der Waals surface area contributed by atoms with Crippen LogP contribution < -0.4 is 5.56 Å². The van der Waals surface area contributed by atoms with Crippen LogP contribution in [0.15, 0.2) is 40.1 Å². The summed E-state index contributed by atoms with van der Waals surface area (Å²) >= 11 is 3.79. The molecule has 0 saturated heterocycles. The first-order valence-corrected chi connectivity index (χ1v) is 18.5. The summed E-state index contributed by atoms with van der Waals surface area (Å²) in [6, 6.07) is 11.1. The summed E-state index contributed by atoms with van der Waals surface area (Å²) in [6.07, 6.45) is 1.06. The van der Waals surface area contributed by atoms with Gasteiger partial charge in [0.15, 0.2) is 5.60 Å². The topological polar surface area (TPSA) is 93.8 Å². The molecule has 1 aromatic carbocycles. The molecule has 3 aliphatic rings. The van der Waals surface area contributed by atoms with Crippen LogP contribution in [0.4, 0.5) is 0 Å². The molecule has 38 heavy (non-hydrogen) atoms. The lowest BCUT2D eigenvalue weighted by atomic mass is 9.86. The van der Waals surface area contributed by atoms with Gasteiger partial charge in [-0.3, -0.25) is 9.79 Å². The van der Waals surface area contributed by atoms with Crippen molar-refractivity contribution in [2.75, 3.05) is 17.7 Å². The number of hydrogen-bond acceptors (Lipinski definition) is 8. The zero-order valence-corrected chi connectivity index (χ0v) is 24.5. The van der Waals surface area contributed by atoms with Gasteiger partial charge in [-0.2, -0.15) is 0 Å². The number of thioether (sulfide) groups is 2. The van der Waals surface area contributed by atoms with Crippen molar-refractivity contribution in [3.8, 4) is 11.4 Å². The van der Waals surface area contributed by atoms with Crippen LogP contribution in [0.2, 0.25) is 19.1 Å². The van der Waals surface area contributed by atoms with Gasteiger partial charge in [0, 0.05) is 22.3 Å². The normalized spacial score (nSPS) is 20.2. The van der Waals surface area contributed by atoms with Gasteiger partial charge >= 0.3 is 5.97 Å². The quantitative estimate of drug-likeness (QED) is 0.267. The van der Waals surface area contributed by atoms with Crippen LogP contribution in [-0.2, 0) is 34.7 Å². The first-order chi connectivity index (χ1) is 18.2. The number of ether oxygens (including phenoxy) is 1. The Labute approximate surface area is 231 Å². The van der Waals surface area contributed by atoms with E-state index in [1.54, 1.807) is 17.6 Å². The molecule has 3 aromatic rings. The highest BCUT2D eigenvalue weighted by molar-refractivity contribution is 8.39. The van der Waals surface area contributed by atoms with Crippen molar-refractivity contribution in [2.45, 2.75) is 57.7 Å². The molecule has 5 heterocycles. The fraction of sp³-hybridized carbons (Fsp3) is 0.429. The lowest BCUT2D eigenvalue weighted by molar-refractivity contribution is -0.172. The zero-order chi connectivity index (χ0) is 26.7. The second-order valence-corrected chi connectivity index (χ2v) is 19.0. The molecule has 0 spiro atoms. The number of cyclic esters (lactones) is 1. The number of nitrogens with zero attached hydrogens (tertiary/aromatic N) is 3. The average molecular weight is 566 g/mol. The highest BCUT2D eigenvalue weighted by atomic mass is 32.2. The number of carbonyl (C=O) groups is 1. The Hall–Kier alpha value is -2.40. The van der Waals surface area contributed by atoms with Crippen molar-refractivity contribution >= 4 is 52.8 Å². The largest absolute Gasteiger partial charge is 0.458 e. The minimum atomic E-state index is -1.82. The number of para-hydroxylation sites is 1. The Balaban J connectivity index is 1.41. The molecular weight excluding hydrogens is 535 g/mol. The highest BCUT2D eigenvalue weighted by Crippen LogP contribution is 2.41. The number of esters is 1. The Kier molecular flexibility index (Phi) is 6.57. The fourth-order valence-electron chi connectivity index (χ4n) is 5.59. The van der Waals surface area contributed by atoms with Crippen molar-refractivity contribution in [1.82, 2.24) is 9.55 Å². The number of carbonyl (C=O) groups excluding carboxylic acids is 1. The van der Waals surface area contributed by atoms with E-state index in [2.05, 4.69) is 24.2 Å². The minimum absolute atomic E-state index is 0.116. The number of pyridine rings is 2. The third-order valence-corrected chi connectivity index (χ3v) is 15.1. The van der Waals surface area contributed by atoms with Crippen molar-refractivity contribution in [1.29, 1.82) is 0 Å². The van der Waals surface area contributed by atoms with Crippen LogP contribution in [0, 0.1) is 0 Å². The SMILES string of the molecule is CC[C@@]1(O)C(=O)OCc2c1cc1n(c2=O)Cc2c-1nc1ccccc1c2CC[Si](C)(C)CSC1=NCCS1. The van der Waals surface area contributed by atoms with Gasteiger partial charge in [0.2, 0.25) is 0 Å². The van der Waals surface area contributed by atoms with Gasteiger partial charge < -0.3 is 14.4 Å². The Morgan fingerprint density at radius 1 is 1.24 bits per heavy atom. The molecule has 0 aliphatic carbocycles. The Morgan fingerprint density at radius 3 is 2.82 bits per heavy atom. The van der Waals surface area contributed by atoms with E-state index >= 15 is 0 Å². The molecule has 6 rings (SSSR count). The van der Waals surface area contributed by atoms with Gasteiger partial charge in [-0.1, -0.05) is 56.0 Å². The maximum atomic E-state index is 13.6. The second-order valence-electron chi connectivity index (χ2n) is 11.0. The third-order valence-electron chi connectivity index (χ3n) is 7.91. The number of benzene rings is 1. The van der Waals surface area contributed by atoms with E-state index in [0.29, 0.717) is 23.4 Å². The standard InChI is InChI=1S/C28H31N3O4S2Si/c1-4-28(34)21-13-23-24-19(14-31(23)25(32)20(21)15-35-26(28)33)17(18-7-5-6-8-22(18)30-24)9-12-38(2,3)16-37-27-29-10-11-36-27/h5-8,13,34H,4,9-12,14-16H2,1-3H3/t28-/m0/s1. The smallest absolute Gasteiger partial charge is 0.343 e. The molecule has 7 nitrogen and oxygen atoms in total. The second kappa shape index (κ2) is 9.66.